The van der Waals surface area contributed by atoms with E-state index in [1.54, 1.807) is 17.0 Å². The molecule has 1 heterocycles. The van der Waals surface area contributed by atoms with Crippen molar-refractivity contribution >= 4 is 23.2 Å². The van der Waals surface area contributed by atoms with Crippen molar-refractivity contribution in [3.8, 4) is 0 Å². The number of carbonyl (C=O) groups excluding carboxylic acids is 2. The van der Waals surface area contributed by atoms with Gasteiger partial charge in [-0.15, -0.1) is 0 Å². The Morgan fingerprint density at radius 1 is 1.17 bits per heavy atom. The van der Waals surface area contributed by atoms with Crippen molar-refractivity contribution < 1.29 is 14.0 Å². The summed E-state index contributed by atoms with van der Waals surface area (Å²) in [5.41, 5.74) is 2.02. The van der Waals surface area contributed by atoms with Crippen LogP contribution in [0, 0.1) is 18.7 Å². The van der Waals surface area contributed by atoms with Crippen molar-refractivity contribution in [3.63, 3.8) is 0 Å². The van der Waals surface area contributed by atoms with Crippen molar-refractivity contribution in [1.82, 2.24) is 0 Å². The van der Waals surface area contributed by atoms with Gasteiger partial charge in [-0.1, -0.05) is 29.8 Å². The maximum Gasteiger partial charge on any atom is 0.229 e. The second-order valence-corrected chi connectivity index (χ2v) is 5.71. The van der Waals surface area contributed by atoms with Crippen LogP contribution in [0.5, 0.6) is 0 Å². The number of nitrogens with zero attached hydrogens (tertiary/aromatic N) is 1. The molecular weight excluding hydrogens is 295 g/mol. The topological polar surface area (TPSA) is 49.4 Å². The molecule has 0 bridgehead atoms. The molecular formula is C18H17FN2O2. The second kappa shape index (κ2) is 6.20. The highest BCUT2D eigenvalue weighted by atomic mass is 19.1. The first-order valence-electron chi connectivity index (χ1n) is 7.47. The lowest BCUT2D eigenvalue weighted by atomic mass is 10.1. The smallest absolute Gasteiger partial charge is 0.229 e. The van der Waals surface area contributed by atoms with Crippen LogP contribution in [0.1, 0.15) is 12.0 Å². The molecule has 1 atom stereocenters. The molecule has 118 valence electrons. The summed E-state index contributed by atoms with van der Waals surface area (Å²) in [6.07, 6.45) is 0.133. The molecule has 1 unspecified atom stereocenters. The number of carbonyl (C=O) groups is 2. The summed E-state index contributed by atoms with van der Waals surface area (Å²) in [4.78, 5) is 26.1. The van der Waals surface area contributed by atoms with Crippen LogP contribution in [0.25, 0.3) is 0 Å². The normalized spacial score (nSPS) is 17.4. The number of hydrogen-bond donors (Lipinski definition) is 1. The Balaban J connectivity index is 1.71. The third-order valence-electron chi connectivity index (χ3n) is 3.97. The van der Waals surface area contributed by atoms with Crippen LogP contribution in [-0.2, 0) is 9.59 Å². The van der Waals surface area contributed by atoms with E-state index in [0.717, 1.165) is 11.3 Å². The van der Waals surface area contributed by atoms with Crippen molar-refractivity contribution in [1.29, 1.82) is 0 Å². The van der Waals surface area contributed by atoms with E-state index in [1.807, 2.05) is 31.2 Å². The quantitative estimate of drug-likeness (QED) is 0.946. The van der Waals surface area contributed by atoms with Crippen LogP contribution < -0.4 is 10.2 Å². The molecule has 1 fully saturated rings. The van der Waals surface area contributed by atoms with E-state index in [-0.39, 0.29) is 23.9 Å². The van der Waals surface area contributed by atoms with Gasteiger partial charge in [0, 0.05) is 18.7 Å². The number of benzene rings is 2. The average Bonchev–Trinajstić information content (AvgIpc) is 2.92. The fraction of sp³-hybridized carbons (Fsp3) is 0.222. The van der Waals surface area contributed by atoms with E-state index in [9.17, 15) is 14.0 Å². The molecule has 1 saturated heterocycles. The molecule has 3 rings (SSSR count). The minimum Gasteiger partial charge on any atom is -0.323 e. The summed E-state index contributed by atoms with van der Waals surface area (Å²) in [6.45, 7) is 2.28. The molecule has 0 aromatic heterocycles. The van der Waals surface area contributed by atoms with Gasteiger partial charge in [-0.05, 0) is 31.2 Å². The highest BCUT2D eigenvalue weighted by Gasteiger charge is 2.35. The highest BCUT2D eigenvalue weighted by molar-refractivity contribution is 6.03. The SMILES string of the molecule is Cc1ccc(N2CC(C(=O)Nc3ccccc3F)CC2=O)cc1. The Morgan fingerprint density at radius 2 is 1.87 bits per heavy atom. The van der Waals surface area contributed by atoms with Gasteiger partial charge in [0.2, 0.25) is 11.8 Å². The van der Waals surface area contributed by atoms with Gasteiger partial charge in [-0.2, -0.15) is 0 Å². The molecule has 0 saturated carbocycles. The summed E-state index contributed by atoms with van der Waals surface area (Å²) >= 11 is 0. The highest BCUT2D eigenvalue weighted by Crippen LogP contribution is 2.26. The Kier molecular flexibility index (Phi) is 4.10. The van der Waals surface area contributed by atoms with E-state index in [4.69, 9.17) is 0 Å². The number of aryl methyl sites for hydroxylation is 1. The summed E-state index contributed by atoms with van der Waals surface area (Å²) in [6, 6.07) is 13.6. The van der Waals surface area contributed by atoms with Crippen LogP contribution in [0.4, 0.5) is 15.8 Å². The lowest BCUT2D eigenvalue weighted by Crippen LogP contribution is -2.28. The number of nitrogens with one attached hydrogen (secondary N) is 1. The largest absolute Gasteiger partial charge is 0.323 e. The average molecular weight is 312 g/mol. The summed E-state index contributed by atoms with van der Waals surface area (Å²) < 4.78 is 13.6. The van der Waals surface area contributed by atoms with E-state index < -0.39 is 11.7 Å². The first-order valence-corrected chi connectivity index (χ1v) is 7.47. The molecule has 0 aliphatic carbocycles. The van der Waals surface area contributed by atoms with Crippen LogP contribution in [0.15, 0.2) is 48.5 Å². The summed E-state index contributed by atoms with van der Waals surface area (Å²) in [5, 5.41) is 2.56. The third kappa shape index (κ3) is 3.23. The molecule has 23 heavy (non-hydrogen) atoms. The Labute approximate surface area is 133 Å². The van der Waals surface area contributed by atoms with Gasteiger partial charge in [0.15, 0.2) is 0 Å². The zero-order valence-corrected chi connectivity index (χ0v) is 12.8. The van der Waals surface area contributed by atoms with Gasteiger partial charge < -0.3 is 10.2 Å². The number of rotatable bonds is 3. The monoisotopic (exact) mass is 312 g/mol. The number of para-hydroxylation sites is 1. The van der Waals surface area contributed by atoms with Crippen molar-refractivity contribution in [3.05, 3.63) is 59.9 Å². The Bertz CT molecular complexity index is 743. The fourth-order valence-electron chi connectivity index (χ4n) is 2.65. The number of halogens is 1. The van der Waals surface area contributed by atoms with Gasteiger partial charge in [0.25, 0.3) is 0 Å². The summed E-state index contributed by atoms with van der Waals surface area (Å²) in [7, 11) is 0. The summed E-state index contributed by atoms with van der Waals surface area (Å²) in [5.74, 6) is -1.40. The first-order chi connectivity index (χ1) is 11.0. The van der Waals surface area contributed by atoms with Crippen LogP contribution in [0.2, 0.25) is 0 Å². The maximum absolute atomic E-state index is 13.6. The lowest BCUT2D eigenvalue weighted by molar-refractivity contribution is -0.122. The molecule has 1 aliphatic heterocycles. The molecule has 2 amide bonds. The number of anilines is 2. The van der Waals surface area contributed by atoms with Crippen molar-refractivity contribution in [2.75, 3.05) is 16.8 Å². The molecule has 1 aliphatic rings. The molecule has 5 heteroatoms. The molecule has 2 aromatic rings. The maximum atomic E-state index is 13.6. The zero-order valence-electron chi connectivity index (χ0n) is 12.8. The third-order valence-corrected chi connectivity index (χ3v) is 3.97. The van der Waals surface area contributed by atoms with Gasteiger partial charge >= 0.3 is 0 Å². The van der Waals surface area contributed by atoms with Crippen LogP contribution >= 0.6 is 0 Å². The minimum atomic E-state index is -0.486. The fourth-order valence-corrected chi connectivity index (χ4v) is 2.65. The minimum absolute atomic E-state index is 0.0949. The Morgan fingerprint density at radius 3 is 2.57 bits per heavy atom. The van der Waals surface area contributed by atoms with E-state index >= 15 is 0 Å². The van der Waals surface area contributed by atoms with E-state index in [0.29, 0.717) is 6.54 Å². The second-order valence-electron chi connectivity index (χ2n) is 5.71. The molecule has 4 nitrogen and oxygen atoms in total. The zero-order chi connectivity index (χ0) is 16.4. The predicted molar refractivity (Wildman–Crippen MR) is 86.7 cm³/mol. The molecule has 0 radical (unpaired) electrons. The number of hydrogen-bond acceptors (Lipinski definition) is 2. The van der Waals surface area contributed by atoms with Gasteiger partial charge in [0.05, 0.1) is 11.6 Å². The van der Waals surface area contributed by atoms with Crippen molar-refractivity contribution in [2.45, 2.75) is 13.3 Å². The molecule has 2 aromatic carbocycles. The Hall–Kier alpha value is -2.69. The molecule has 1 N–H and O–H groups in total. The lowest BCUT2D eigenvalue weighted by Gasteiger charge is -2.17. The van der Waals surface area contributed by atoms with Gasteiger partial charge in [-0.3, -0.25) is 9.59 Å². The van der Waals surface area contributed by atoms with Gasteiger partial charge in [0.1, 0.15) is 5.82 Å². The van der Waals surface area contributed by atoms with Gasteiger partial charge in [-0.25, -0.2) is 4.39 Å². The van der Waals surface area contributed by atoms with E-state index in [2.05, 4.69) is 5.32 Å². The standard InChI is InChI=1S/C18H17FN2O2/c1-12-6-8-14(9-7-12)21-11-13(10-17(21)22)18(23)20-16-5-3-2-4-15(16)19/h2-9,13H,10-11H2,1H3,(H,20,23). The van der Waals surface area contributed by atoms with Crippen LogP contribution in [-0.4, -0.2) is 18.4 Å². The molecule has 0 spiro atoms. The first kappa shape index (κ1) is 15.2. The van der Waals surface area contributed by atoms with Crippen LogP contribution in [0.3, 0.4) is 0 Å². The number of amides is 2. The predicted octanol–water partition coefficient (Wildman–Crippen LogP) is 3.13. The van der Waals surface area contributed by atoms with Crippen molar-refractivity contribution in [2.24, 2.45) is 5.92 Å². The van der Waals surface area contributed by atoms with E-state index in [1.165, 1.54) is 12.1 Å².